The van der Waals surface area contributed by atoms with Gasteiger partial charge in [0.25, 0.3) is 0 Å². The summed E-state index contributed by atoms with van der Waals surface area (Å²) in [4.78, 5) is 14.6. The minimum Gasteiger partial charge on any atom is -0.351 e. The van der Waals surface area contributed by atoms with Gasteiger partial charge < -0.3 is 9.88 Å². The maximum Gasteiger partial charge on any atom is 0.230 e. The molecule has 2 aromatic carbocycles. The molecule has 1 atom stereocenters. The number of rotatable bonds is 10. The average Bonchev–Trinajstić information content (AvgIpc) is 3.14. The summed E-state index contributed by atoms with van der Waals surface area (Å²) in [6.07, 6.45) is 0.910. The van der Waals surface area contributed by atoms with Gasteiger partial charge in [-0.05, 0) is 43.8 Å². The molecule has 1 N–H and O–H groups in total. The summed E-state index contributed by atoms with van der Waals surface area (Å²) in [5.74, 6) is 1.03. The molecule has 0 saturated heterocycles. The number of halogens is 2. The molecule has 1 heterocycles. The molecule has 170 valence electrons. The summed E-state index contributed by atoms with van der Waals surface area (Å²) in [5.41, 5.74) is 1.98. The first-order chi connectivity index (χ1) is 15.4. The number of nitrogens with one attached hydrogen (secondary N) is 1. The van der Waals surface area contributed by atoms with Crippen molar-refractivity contribution < 1.29 is 4.79 Å². The molecule has 0 aliphatic rings. The zero-order chi connectivity index (χ0) is 23.1. The fraction of sp³-hybridized carbons (Fsp3) is 0.348. The summed E-state index contributed by atoms with van der Waals surface area (Å²) in [5, 5.41) is 13.6. The molecule has 0 aliphatic carbocycles. The van der Waals surface area contributed by atoms with Gasteiger partial charge in [0, 0.05) is 16.6 Å². The third-order valence-corrected chi connectivity index (χ3v) is 6.61. The van der Waals surface area contributed by atoms with Gasteiger partial charge in [-0.15, -0.1) is 10.2 Å². The van der Waals surface area contributed by atoms with Gasteiger partial charge >= 0.3 is 0 Å². The van der Waals surface area contributed by atoms with Gasteiger partial charge in [-0.25, -0.2) is 0 Å². The van der Waals surface area contributed by atoms with E-state index in [1.165, 1.54) is 11.8 Å². The van der Waals surface area contributed by atoms with Crippen molar-refractivity contribution in [3.63, 3.8) is 0 Å². The molecule has 0 bridgehead atoms. The van der Waals surface area contributed by atoms with Crippen LogP contribution in [0, 0.1) is 0 Å². The molecular formula is C23H27Cl2N5OS. The second-order valence-electron chi connectivity index (χ2n) is 7.60. The van der Waals surface area contributed by atoms with E-state index in [4.69, 9.17) is 23.2 Å². The van der Waals surface area contributed by atoms with Crippen LogP contribution in [0.5, 0.6) is 0 Å². The molecular weight excluding hydrogens is 465 g/mol. The van der Waals surface area contributed by atoms with E-state index >= 15 is 0 Å². The van der Waals surface area contributed by atoms with Crippen LogP contribution in [-0.4, -0.2) is 45.4 Å². The molecule has 0 fully saturated rings. The Hall–Kier alpha value is -2.06. The summed E-state index contributed by atoms with van der Waals surface area (Å²) < 4.78 is 2.11. The van der Waals surface area contributed by atoms with Gasteiger partial charge in [0.1, 0.15) is 0 Å². The Kier molecular flexibility index (Phi) is 8.99. The number of carbonyl (C=O) groups is 1. The van der Waals surface area contributed by atoms with Crippen LogP contribution >= 0.6 is 35.0 Å². The molecule has 0 radical (unpaired) electrons. The van der Waals surface area contributed by atoms with Gasteiger partial charge in [-0.2, -0.15) is 0 Å². The van der Waals surface area contributed by atoms with E-state index < -0.39 is 0 Å². The number of nitrogens with zero attached hydrogens (tertiary/aromatic N) is 4. The molecule has 9 heteroatoms. The normalized spacial score (nSPS) is 12.2. The van der Waals surface area contributed by atoms with Crippen LogP contribution in [0.4, 0.5) is 0 Å². The van der Waals surface area contributed by atoms with E-state index in [0.717, 1.165) is 28.5 Å². The number of hydrogen-bond donors (Lipinski definition) is 1. The van der Waals surface area contributed by atoms with E-state index in [1.807, 2.05) is 38.4 Å². The zero-order valence-corrected chi connectivity index (χ0v) is 20.7. The second kappa shape index (κ2) is 11.7. The van der Waals surface area contributed by atoms with E-state index in [9.17, 15) is 4.79 Å². The third kappa shape index (κ3) is 6.48. The minimum absolute atomic E-state index is 0.100. The topological polar surface area (TPSA) is 63.1 Å². The first-order valence-corrected chi connectivity index (χ1v) is 12.1. The van der Waals surface area contributed by atoms with Gasteiger partial charge in [0.05, 0.1) is 18.3 Å². The Bertz CT molecular complexity index is 1040. The zero-order valence-electron chi connectivity index (χ0n) is 18.4. The Morgan fingerprint density at radius 1 is 1.16 bits per heavy atom. The lowest BCUT2D eigenvalue weighted by Gasteiger charge is -2.23. The highest BCUT2D eigenvalue weighted by molar-refractivity contribution is 7.99. The maximum atomic E-state index is 12.5. The number of amides is 1. The largest absolute Gasteiger partial charge is 0.351 e. The van der Waals surface area contributed by atoms with E-state index in [1.54, 1.807) is 12.1 Å². The fourth-order valence-electron chi connectivity index (χ4n) is 3.39. The van der Waals surface area contributed by atoms with Crippen molar-refractivity contribution in [2.45, 2.75) is 37.6 Å². The van der Waals surface area contributed by atoms with E-state index in [0.29, 0.717) is 23.1 Å². The van der Waals surface area contributed by atoms with Gasteiger partial charge in [0.15, 0.2) is 11.0 Å². The fourth-order valence-corrected chi connectivity index (χ4v) is 4.64. The minimum atomic E-state index is -0.100. The Morgan fingerprint density at radius 2 is 1.91 bits per heavy atom. The molecule has 3 rings (SSSR count). The summed E-state index contributed by atoms with van der Waals surface area (Å²) in [6, 6.07) is 15.6. The van der Waals surface area contributed by atoms with Crippen molar-refractivity contribution in [1.29, 1.82) is 0 Å². The van der Waals surface area contributed by atoms with Crippen molar-refractivity contribution >= 4 is 40.9 Å². The van der Waals surface area contributed by atoms with E-state index in [2.05, 4.69) is 44.0 Å². The monoisotopic (exact) mass is 491 g/mol. The second-order valence-corrected chi connectivity index (χ2v) is 9.39. The molecule has 1 aromatic heterocycles. The number of hydrogen-bond acceptors (Lipinski definition) is 5. The number of aromatic nitrogens is 3. The number of thioether (sulfide) groups is 1. The lowest BCUT2D eigenvalue weighted by atomic mass is 10.2. The van der Waals surface area contributed by atoms with Crippen molar-refractivity contribution in [3.8, 4) is 0 Å². The molecule has 3 aromatic rings. The maximum absolute atomic E-state index is 12.5. The highest BCUT2D eigenvalue weighted by Gasteiger charge is 2.22. The van der Waals surface area contributed by atoms with Gasteiger partial charge in [0.2, 0.25) is 5.91 Å². The lowest BCUT2D eigenvalue weighted by molar-refractivity contribution is -0.118. The molecule has 32 heavy (non-hydrogen) atoms. The van der Waals surface area contributed by atoms with E-state index in [-0.39, 0.29) is 17.7 Å². The quantitative estimate of drug-likeness (QED) is 0.401. The molecule has 1 amide bonds. The lowest BCUT2D eigenvalue weighted by Crippen LogP contribution is -2.25. The van der Waals surface area contributed by atoms with Crippen LogP contribution in [0.1, 0.15) is 36.3 Å². The van der Waals surface area contributed by atoms with Crippen LogP contribution < -0.4 is 5.32 Å². The van der Waals surface area contributed by atoms with Gasteiger partial charge in [-0.1, -0.05) is 78.3 Å². The first-order valence-electron chi connectivity index (χ1n) is 10.4. The van der Waals surface area contributed by atoms with Crippen LogP contribution in [0.25, 0.3) is 0 Å². The standard InChI is InChI=1S/C23H27Cl2N5OS/c1-4-20(29(2)3)22-27-28-23(30(22)14-16-8-6-5-7-9-16)32-15-21(31)26-13-17-10-11-18(24)12-19(17)25/h5-12,20H,4,13-15H2,1-3H3,(H,26,31)/t20-/m0/s1. The number of benzene rings is 2. The van der Waals surface area contributed by atoms with Crippen LogP contribution in [0.3, 0.4) is 0 Å². The molecule has 6 nitrogen and oxygen atoms in total. The van der Waals surface area contributed by atoms with Crippen molar-refractivity contribution in [2.75, 3.05) is 19.8 Å². The molecule has 0 spiro atoms. The van der Waals surface area contributed by atoms with Crippen molar-refractivity contribution in [1.82, 2.24) is 25.0 Å². The van der Waals surface area contributed by atoms with Crippen LogP contribution in [-0.2, 0) is 17.9 Å². The van der Waals surface area contributed by atoms with Gasteiger partial charge in [-0.3, -0.25) is 9.69 Å². The van der Waals surface area contributed by atoms with Crippen LogP contribution in [0.2, 0.25) is 10.0 Å². The van der Waals surface area contributed by atoms with Crippen molar-refractivity contribution in [3.05, 3.63) is 75.5 Å². The number of carbonyl (C=O) groups excluding carboxylic acids is 1. The highest BCUT2D eigenvalue weighted by atomic mass is 35.5. The predicted octanol–water partition coefficient (Wildman–Crippen LogP) is 5.05. The molecule has 0 unspecified atom stereocenters. The Balaban J connectivity index is 1.70. The Labute approximate surface area is 203 Å². The smallest absolute Gasteiger partial charge is 0.230 e. The first kappa shape index (κ1) is 24.6. The average molecular weight is 492 g/mol. The third-order valence-electron chi connectivity index (χ3n) is 5.06. The molecule has 0 saturated carbocycles. The van der Waals surface area contributed by atoms with Crippen molar-refractivity contribution in [2.24, 2.45) is 0 Å². The predicted molar refractivity (Wildman–Crippen MR) is 131 cm³/mol. The summed E-state index contributed by atoms with van der Waals surface area (Å²) in [7, 11) is 4.08. The SMILES string of the molecule is CC[C@@H](c1nnc(SCC(=O)NCc2ccc(Cl)cc2Cl)n1Cc1ccccc1)N(C)C. The Morgan fingerprint density at radius 3 is 2.56 bits per heavy atom. The summed E-state index contributed by atoms with van der Waals surface area (Å²) in [6.45, 7) is 3.13. The highest BCUT2D eigenvalue weighted by Crippen LogP contribution is 2.26. The molecule has 0 aliphatic heterocycles. The van der Waals surface area contributed by atoms with Crippen LogP contribution in [0.15, 0.2) is 53.7 Å². The summed E-state index contributed by atoms with van der Waals surface area (Å²) >= 11 is 13.5.